The highest BCUT2D eigenvalue weighted by Gasteiger charge is 2.59. The van der Waals surface area contributed by atoms with Gasteiger partial charge in [0.1, 0.15) is 0 Å². The molecule has 0 amide bonds. The molecule has 0 radical (unpaired) electrons. The zero-order valence-corrected chi connectivity index (χ0v) is 34.8. The largest absolute Gasteiger partial charge is 0.208 e. The average molecular weight is 818 g/mol. The second kappa shape index (κ2) is 12.9. The van der Waals surface area contributed by atoms with Crippen LogP contribution in [-0.2, 0) is 10.8 Å². The average Bonchev–Trinajstić information content (AvgIpc) is 3.97. The summed E-state index contributed by atoms with van der Waals surface area (Å²) < 4.78 is 2.59. The molecule has 0 fully saturated rings. The standard InChI is InChI=1S/C59H35N3S/c1-3-17-36(18-4-1)55-60-56(37-19-5-2-6-20-37)62-57(61-55)38-31-32-47-42(33-38)43-35-54-44(41-23-9-16-30-53(41)63-54)34-52(43)59(47)50-28-14-12-26-48(50)58(49-27-13-15-29-51(49)59)45-24-10-7-21-39(45)40-22-8-11-25-46(40)58/h1-35H. The van der Waals surface area contributed by atoms with Crippen LogP contribution in [0.1, 0.15) is 44.5 Å². The lowest BCUT2D eigenvalue weighted by Crippen LogP contribution is -2.43. The summed E-state index contributed by atoms with van der Waals surface area (Å²) in [5.74, 6) is 1.96. The summed E-state index contributed by atoms with van der Waals surface area (Å²) >= 11 is 1.88. The van der Waals surface area contributed by atoms with Crippen molar-refractivity contribution in [2.75, 3.05) is 0 Å². The van der Waals surface area contributed by atoms with Gasteiger partial charge in [0.05, 0.1) is 10.8 Å². The third-order valence-corrected chi connectivity index (χ3v) is 15.1. The first-order chi connectivity index (χ1) is 31.2. The van der Waals surface area contributed by atoms with Gasteiger partial charge in [-0.05, 0) is 91.0 Å². The molecule has 4 heteroatoms. The fraction of sp³-hybridized carbons (Fsp3) is 0.0339. The Morgan fingerprint density at radius 3 is 1.27 bits per heavy atom. The van der Waals surface area contributed by atoms with Gasteiger partial charge in [-0.3, -0.25) is 0 Å². The minimum absolute atomic E-state index is 0.500. The topological polar surface area (TPSA) is 38.7 Å². The quantitative estimate of drug-likeness (QED) is 0.178. The van der Waals surface area contributed by atoms with Gasteiger partial charge in [-0.25, -0.2) is 15.0 Å². The lowest BCUT2D eigenvalue weighted by molar-refractivity contribution is 0.633. The number of benzene rings is 9. The van der Waals surface area contributed by atoms with Crippen LogP contribution in [0.15, 0.2) is 212 Å². The van der Waals surface area contributed by atoms with Crippen LogP contribution in [0.2, 0.25) is 0 Å². The Hall–Kier alpha value is -7.79. The van der Waals surface area contributed by atoms with Crippen molar-refractivity contribution >= 4 is 31.5 Å². The monoisotopic (exact) mass is 817 g/mol. The summed E-state index contributed by atoms with van der Waals surface area (Å²) in [6.45, 7) is 0. The highest BCUT2D eigenvalue weighted by atomic mass is 32.1. The maximum absolute atomic E-state index is 5.21. The van der Waals surface area contributed by atoms with Crippen LogP contribution in [0.5, 0.6) is 0 Å². The van der Waals surface area contributed by atoms with Gasteiger partial charge in [-0.1, -0.05) is 188 Å². The van der Waals surface area contributed by atoms with E-state index in [2.05, 4.69) is 176 Å². The molecule has 0 aliphatic heterocycles. The van der Waals surface area contributed by atoms with Crippen molar-refractivity contribution in [2.24, 2.45) is 0 Å². The number of hydrogen-bond donors (Lipinski definition) is 0. The molecule has 0 saturated heterocycles. The Balaban J connectivity index is 1.09. The molecule has 0 bridgehead atoms. The van der Waals surface area contributed by atoms with E-state index in [1.807, 2.05) is 47.7 Å². The Morgan fingerprint density at radius 2 is 0.698 bits per heavy atom. The number of fused-ring (bicyclic) bond motifs is 19. The van der Waals surface area contributed by atoms with Crippen LogP contribution in [0.3, 0.4) is 0 Å². The van der Waals surface area contributed by atoms with Gasteiger partial charge < -0.3 is 0 Å². The van der Waals surface area contributed by atoms with E-state index in [1.54, 1.807) is 0 Å². The van der Waals surface area contributed by atoms with Gasteiger partial charge in [0.2, 0.25) is 0 Å². The van der Waals surface area contributed by atoms with E-state index >= 15 is 0 Å². The number of aromatic nitrogens is 3. The molecule has 0 unspecified atom stereocenters. The first-order valence-electron chi connectivity index (χ1n) is 21.6. The normalized spacial score (nSPS) is 14.3. The predicted molar refractivity (Wildman–Crippen MR) is 257 cm³/mol. The summed E-state index contributed by atoms with van der Waals surface area (Å²) in [5.41, 5.74) is 17.4. The molecule has 14 rings (SSSR count). The zero-order chi connectivity index (χ0) is 41.3. The molecular weight excluding hydrogens is 783 g/mol. The zero-order valence-electron chi connectivity index (χ0n) is 34.0. The van der Waals surface area contributed by atoms with Gasteiger partial charge in [-0.2, -0.15) is 0 Å². The molecular formula is C59H35N3S. The molecule has 2 aromatic heterocycles. The number of nitrogens with zero attached hydrogens (tertiary/aromatic N) is 3. The van der Waals surface area contributed by atoms with Crippen LogP contribution in [0.4, 0.5) is 0 Å². The third kappa shape index (κ3) is 4.55. The lowest BCUT2D eigenvalue weighted by atomic mass is 9.52. The fourth-order valence-corrected chi connectivity index (χ4v) is 12.7. The highest BCUT2D eigenvalue weighted by Crippen LogP contribution is 2.68. The third-order valence-electron chi connectivity index (χ3n) is 14.0. The van der Waals surface area contributed by atoms with Crippen molar-refractivity contribution < 1.29 is 0 Å². The van der Waals surface area contributed by atoms with Crippen molar-refractivity contribution in [3.05, 3.63) is 257 Å². The molecule has 3 aliphatic carbocycles. The van der Waals surface area contributed by atoms with Crippen LogP contribution in [0, 0.1) is 0 Å². The molecule has 0 N–H and O–H groups in total. The summed E-state index contributed by atoms with van der Waals surface area (Å²) in [4.78, 5) is 15.4. The lowest BCUT2D eigenvalue weighted by Gasteiger charge is -2.48. The van der Waals surface area contributed by atoms with Gasteiger partial charge in [-0.15, -0.1) is 11.3 Å². The molecule has 3 aliphatic rings. The van der Waals surface area contributed by atoms with Crippen molar-refractivity contribution in [2.45, 2.75) is 10.8 Å². The molecule has 0 saturated carbocycles. The van der Waals surface area contributed by atoms with Gasteiger partial charge in [0.25, 0.3) is 0 Å². The van der Waals surface area contributed by atoms with Gasteiger partial charge in [0, 0.05) is 36.9 Å². The SMILES string of the molecule is c1ccc(-c2nc(-c3ccccc3)nc(-c3ccc4c(c3)-c3cc5sc6ccccc6c5cc3C43c4ccccc4C4(c5ccccc5-c5ccccc54)c4ccccc43)n2)cc1. The van der Waals surface area contributed by atoms with Crippen LogP contribution >= 0.6 is 11.3 Å². The van der Waals surface area contributed by atoms with E-state index in [0.717, 1.165) is 16.7 Å². The van der Waals surface area contributed by atoms with E-state index in [-0.39, 0.29) is 0 Å². The van der Waals surface area contributed by atoms with E-state index in [0.29, 0.717) is 17.5 Å². The first kappa shape index (κ1) is 34.9. The predicted octanol–water partition coefficient (Wildman–Crippen LogP) is 14.3. The molecule has 292 valence electrons. The van der Waals surface area contributed by atoms with Crippen LogP contribution < -0.4 is 0 Å². The van der Waals surface area contributed by atoms with Crippen LogP contribution in [0.25, 0.3) is 76.6 Å². The second-order valence-corrected chi connectivity index (χ2v) is 18.1. The smallest absolute Gasteiger partial charge is 0.164 e. The van der Waals surface area contributed by atoms with Crippen molar-refractivity contribution in [1.29, 1.82) is 0 Å². The highest BCUT2D eigenvalue weighted by molar-refractivity contribution is 7.25. The Labute approximate surface area is 368 Å². The number of rotatable bonds is 3. The summed E-state index contributed by atoms with van der Waals surface area (Å²) in [6, 6.07) is 78.2. The molecule has 2 heterocycles. The Kier molecular flexibility index (Phi) is 7.12. The molecule has 9 aromatic carbocycles. The van der Waals surface area contributed by atoms with Crippen molar-refractivity contribution in [3.63, 3.8) is 0 Å². The Bertz CT molecular complexity index is 3550. The Morgan fingerprint density at radius 1 is 0.270 bits per heavy atom. The maximum atomic E-state index is 5.21. The molecule has 0 atom stereocenters. The van der Waals surface area contributed by atoms with E-state index in [9.17, 15) is 0 Å². The maximum Gasteiger partial charge on any atom is 0.164 e. The van der Waals surface area contributed by atoms with Gasteiger partial charge in [0.15, 0.2) is 17.5 Å². The van der Waals surface area contributed by atoms with Crippen molar-refractivity contribution in [3.8, 4) is 56.4 Å². The second-order valence-electron chi connectivity index (χ2n) is 17.0. The van der Waals surface area contributed by atoms with E-state index in [4.69, 9.17) is 15.0 Å². The van der Waals surface area contributed by atoms with Crippen molar-refractivity contribution in [1.82, 2.24) is 15.0 Å². The molecule has 3 nitrogen and oxygen atoms in total. The summed E-state index contributed by atoms with van der Waals surface area (Å²) in [7, 11) is 0. The summed E-state index contributed by atoms with van der Waals surface area (Å²) in [5, 5.41) is 2.60. The number of hydrogen-bond acceptors (Lipinski definition) is 4. The molecule has 2 spiro atoms. The van der Waals surface area contributed by atoms with E-state index in [1.165, 1.54) is 86.9 Å². The van der Waals surface area contributed by atoms with Gasteiger partial charge >= 0.3 is 0 Å². The van der Waals surface area contributed by atoms with Crippen LogP contribution in [-0.4, -0.2) is 15.0 Å². The molecule has 63 heavy (non-hydrogen) atoms. The minimum Gasteiger partial charge on any atom is -0.208 e. The fourth-order valence-electron chi connectivity index (χ4n) is 11.6. The summed E-state index contributed by atoms with van der Waals surface area (Å²) in [6.07, 6.45) is 0. The molecule has 11 aromatic rings. The van der Waals surface area contributed by atoms with E-state index < -0.39 is 10.8 Å². The first-order valence-corrected chi connectivity index (χ1v) is 22.4. The minimum atomic E-state index is -0.616. The number of thiophene rings is 1.